The van der Waals surface area contributed by atoms with Gasteiger partial charge in [0.15, 0.2) is 10.5 Å². The van der Waals surface area contributed by atoms with Gasteiger partial charge in [-0.25, -0.2) is 0 Å². The second-order valence-electron chi connectivity index (χ2n) is 6.96. The minimum absolute atomic E-state index is 0.112. The molecular formula is C18H22F3NO3S2. The Balaban J connectivity index is 2.71. The van der Waals surface area contributed by atoms with Gasteiger partial charge in [-0.2, -0.15) is 18.3 Å². The fourth-order valence-corrected chi connectivity index (χ4v) is 3.97. The molecule has 1 unspecified atom stereocenters. The molecule has 4 nitrogen and oxygen atoms in total. The van der Waals surface area contributed by atoms with Crippen LogP contribution in [0, 0.1) is 0 Å². The van der Waals surface area contributed by atoms with Gasteiger partial charge in [0.05, 0.1) is 10.9 Å². The summed E-state index contributed by atoms with van der Waals surface area (Å²) in [7, 11) is 0. The van der Waals surface area contributed by atoms with Crippen molar-refractivity contribution in [2.45, 2.75) is 56.0 Å². The lowest BCUT2D eigenvalue weighted by molar-refractivity contribution is -0.137. The van der Waals surface area contributed by atoms with Crippen molar-refractivity contribution in [1.82, 2.24) is 0 Å². The first-order valence-corrected chi connectivity index (χ1v) is 10.5. The normalized spacial score (nSPS) is 15.1. The maximum atomic E-state index is 13.4. The van der Waals surface area contributed by atoms with E-state index >= 15 is 0 Å². The van der Waals surface area contributed by atoms with Gasteiger partial charge in [0.2, 0.25) is 0 Å². The molecule has 2 aromatic rings. The lowest BCUT2D eigenvalue weighted by Gasteiger charge is -2.28. The van der Waals surface area contributed by atoms with Gasteiger partial charge in [0, 0.05) is 23.8 Å². The second kappa shape index (κ2) is 8.06. The number of hydrogen-bond acceptors (Lipinski definition) is 5. The summed E-state index contributed by atoms with van der Waals surface area (Å²) in [5, 5.41) is 5.75. The summed E-state index contributed by atoms with van der Waals surface area (Å²) in [6.45, 7) is 6.96. The molecule has 2 N–H and O–H groups in total. The Morgan fingerprint density at radius 3 is 2.44 bits per heavy atom. The molecule has 0 bridgehead atoms. The van der Waals surface area contributed by atoms with Crippen LogP contribution in [0.1, 0.15) is 51.2 Å². The number of thioether (sulfide) groups is 1. The van der Waals surface area contributed by atoms with Gasteiger partial charge < -0.3 is 8.97 Å². The Kier molecular flexibility index (Phi) is 6.61. The highest BCUT2D eigenvalue weighted by Gasteiger charge is 2.36. The lowest BCUT2D eigenvalue weighted by Crippen LogP contribution is -2.38. The standard InChI is InChI=1S/C18H22F3NO3S2/c1-5-26-15-8-14(23)13-7-11(18(19,20)21)6-12(16(13)25-15)10(2)9-17(3,4)27(22)24/h6-8,10H,5,9,22H2,1-4H3/t10-,27?/m1/s1. The average molecular weight is 422 g/mol. The Bertz CT molecular complexity index is 879. The molecule has 0 amide bonds. The molecule has 0 aliphatic heterocycles. The fraction of sp³-hybridized carbons (Fsp3) is 0.500. The second-order valence-corrected chi connectivity index (χ2v) is 9.93. The number of rotatable bonds is 6. The van der Waals surface area contributed by atoms with Crippen LogP contribution in [0.3, 0.4) is 0 Å². The van der Waals surface area contributed by atoms with E-state index in [0.29, 0.717) is 10.8 Å². The highest BCUT2D eigenvalue weighted by Crippen LogP contribution is 2.38. The first-order valence-electron chi connectivity index (χ1n) is 8.35. The molecule has 2 rings (SSSR count). The largest absolute Gasteiger partial charge is 0.598 e. The molecule has 0 saturated heterocycles. The predicted molar refractivity (Wildman–Crippen MR) is 103 cm³/mol. The Labute approximate surface area is 163 Å². The van der Waals surface area contributed by atoms with Gasteiger partial charge in [0.25, 0.3) is 0 Å². The van der Waals surface area contributed by atoms with Crippen molar-refractivity contribution >= 4 is 34.1 Å². The number of fused-ring (bicyclic) bond motifs is 1. The van der Waals surface area contributed by atoms with Gasteiger partial charge in [0.1, 0.15) is 10.3 Å². The fourth-order valence-electron chi connectivity index (χ4n) is 2.94. The molecule has 27 heavy (non-hydrogen) atoms. The van der Waals surface area contributed by atoms with Gasteiger partial charge in [-0.1, -0.05) is 25.6 Å². The average Bonchev–Trinajstić information content (AvgIpc) is 2.52. The van der Waals surface area contributed by atoms with E-state index < -0.39 is 39.2 Å². The third-order valence-corrected chi connectivity index (χ3v) is 6.35. The third-order valence-electron chi connectivity index (χ3n) is 4.32. The number of alkyl halides is 3. The van der Waals surface area contributed by atoms with Crippen LogP contribution in [0.5, 0.6) is 0 Å². The van der Waals surface area contributed by atoms with Crippen LogP contribution in [-0.4, -0.2) is 15.1 Å². The van der Waals surface area contributed by atoms with Crippen molar-refractivity contribution in [1.29, 1.82) is 0 Å². The van der Waals surface area contributed by atoms with Crippen molar-refractivity contribution in [3.63, 3.8) is 0 Å². The van der Waals surface area contributed by atoms with Crippen molar-refractivity contribution in [2.75, 3.05) is 5.75 Å². The molecule has 0 fully saturated rings. The molecule has 0 aliphatic rings. The monoisotopic (exact) mass is 421 g/mol. The Morgan fingerprint density at radius 1 is 1.30 bits per heavy atom. The van der Waals surface area contributed by atoms with E-state index in [1.54, 1.807) is 20.8 Å². The highest BCUT2D eigenvalue weighted by atomic mass is 32.2. The molecule has 1 aromatic carbocycles. The SMILES string of the molecule is CCSc1cc(=O)c2cc(C(F)(F)F)cc([C@H](C)CC(C)(C)[S+](N)[O-])c2o1. The number of hydrogen-bond donors (Lipinski definition) is 1. The van der Waals surface area contributed by atoms with Crippen LogP contribution >= 0.6 is 11.8 Å². The van der Waals surface area contributed by atoms with Crippen LogP contribution < -0.4 is 10.6 Å². The zero-order valence-corrected chi connectivity index (χ0v) is 17.1. The summed E-state index contributed by atoms with van der Waals surface area (Å²) in [6.07, 6.45) is -4.33. The molecule has 1 aromatic heterocycles. The maximum absolute atomic E-state index is 13.4. The quantitative estimate of drug-likeness (QED) is 0.534. The van der Waals surface area contributed by atoms with Crippen molar-refractivity contribution in [3.05, 3.63) is 39.5 Å². The lowest BCUT2D eigenvalue weighted by atomic mass is 9.89. The summed E-state index contributed by atoms with van der Waals surface area (Å²) in [5.41, 5.74) is -1.04. The Hall–Kier alpha value is -1.16. The van der Waals surface area contributed by atoms with Crippen molar-refractivity contribution < 1.29 is 22.1 Å². The molecular weight excluding hydrogens is 399 g/mol. The first kappa shape index (κ1) is 22.1. The summed E-state index contributed by atoms with van der Waals surface area (Å²) < 4.78 is 56.8. The summed E-state index contributed by atoms with van der Waals surface area (Å²) in [4.78, 5) is 12.4. The molecule has 0 aliphatic carbocycles. The zero-order valence-electron chi connectivity index (χ0n) is 15.5. The number of nitrogens with two attached hydrogens (primary N) is 1. The molecule has 2 atom stereocenters. The van der Waals surface area contributed by atoms with Crippen LogP contribution in [0.25, 0.3) is 11.0 Å². The first-order chi connectivity index (χ1) is 12.4. The van der Waals surface area contributed by atoms with Crippen molar-refractivity contribution in [3.8, 4) is 0 Å². The maximum Gasteiger partial charge on any atom is 0.416 e. The number of benzene rings is 1. The molecule has 0 radical (unpaired) electrons. The third kappa shape index (κ3) is 5.01. The van der Waals surface area contributed by atoms with Gasteiger partial charge in [-0.05, 0) is 43.2 Å². The van der Waals surface area contributed by atoms with Crippen LogP contribution in [0.4, 0.5) is 13.2 Å². The summed E-state index contributed by atoms with van der Waals surface area (Å²) >= 11 is -0.362. The van der Waals surface area contributed by atoms with Crippen molar-refractivity contribution in [2.24, 2.45) is 5.14 Å². The number of halogens is 3. The molecule has 150 valence electrons. The van der Waals surface area contributed by atoms with Crippen LogP contribution in [0.2, 0.25) is 0 Å². The highest BCUT2D eigenvalue weighted by molar-refractivity contribution is 7.99. The van der Waals surface area contributed by atoms with Gasteiger partial charge in [-0.15, -0.1) is 0 Å². The smallest absolute Gasteiger partial charge is 0.416 e. The van der Waals surface area contributed by atoms with E-state index in [2.05, 4.69) is 0 Å². The van der Waals surface area contributed by atoms with Gasteiger partial charge in [-0.3, -0.25) is 4.79 Å². The topological polar surface area (TPSA) is 79.3 Å². The summed E-state index contributed by atoms with van der Waals surface area (Å²) in [6, 6.07) is 3.04. The van der Waals surface area contributed by atoms with E-state index in [9.17, 15) is 22.5 Å². The van der Waals surface area contributed by atoms with E-state index in [4.69, 9.17) is 9.56 Å². The van der Waals surface area contributed by atoms with E-state index in [1.165, 1.54) is 17.8 Å². The predicted octanol–water partition coefficient (Wildman–Crippen LogP) is 4.82. The van der Waals surface area contributed by atoms with Crippen LogP contribution in [0.15, 0.2) is 32.5 Å². The molecule has 0 saturated carbocycles. The molecule has 0 spiro atoms. The van der Waals surface area contributed by atoms with E-state index in [1.807, 2.05) is 6.92 Å². The molecule has 1 heterocycles. The minimum atomic E-state index is -4.60. The minimum Gasteiger partial charge on any atom is -0.598 e. The zero-order chi connectivity index (χ0) is 20.6. The van der Waals surface area contributed by atoms with E-state index in [0.717, 1.165) is 12.1 Å². The summed E-state index contributed by atoms with van der Waals surface area (Å²) in [5.74, 6) is 0.196. The molecule has 9 heteroatoms. The van der Waals surface area contributed by atoms with Gasteiger partial charge >= 0.3 is 6.18 Å². The van der Waals surface area contributed by atoms with E-state index in [-0.39, 0.29) is 23.0 Å². The Morgan fingerprint density at radius 2 is 1.93 bits per heavy atom. The van der Waals surface area contributed by atoms with Crippen LogP contribution in [-0.2, 0) is 17.5 Å².